The van der Waals surface area contributed by atoms with Gasteiger partial charge < -0.3 is 5.32 Å². The lowest BCUT2D eigenvalue weighted by molar-refractivity contribution is 0.0840. The molecule has 0 bridgehead atoms. The van der Waals surface area contributed by atoms with Crippen LogP contribution in [0.4, 0.5) is 8.78 Å². The first-order chi connectivity index (χ1) is 10.0. The molecule has 0 amide bonds. The minimum Gasteiger partial charge on any atom is -0.311 e. The first-order valence-corrected chi connectivity index (χ1v) is 7.96. The van der Waals surface area contributed by atoms with Crippen molar-refractivity contribution in [1.29, 1.82) is 0 Å². The van der Waals surface area contributed by atoms with Gasteiger partial charge in [-0.15, -0.1) is 0 Å². The molecule has 1 saturated carbocycles. The van der Waals surface area contributed by atoms with Gasteiger partial charge in [-0.1, -0.05) is 13.8 Å². The topological polar surface area (TPSA) is 15.3 Å². The predicted octanol–water partition coefficient (Wildman–Crippen LogP) is 3.17. The van der Waals surface area contributed by atoms with Gasteiger partial charge >= 0.3 is 0 Å². The molecule has 2 fully saturated rings. The summed E-state index contributed by atoms with van der Waals surface area (Å²) in [6.07, 6.45) is 2.60. The Labute approximate surface area is 125 Å². The van der Waals surface area contributed by atoms with Crippen molar-refractivity contribution in [2.75, 3.05) is 13.1 Å². The van der Waals surface area contributed by atoms with Gasteiger partial charge in [0.1, 0.15) is 11.6 Å². The summed E-state index contributed by atoms with van der Waals surface area (Å²) in [6.45, 7) is 6.76. The van der Waals surface area contributed by atoms with E-state index in [0.717, 1.165) is 19.0 Å². The highest BCUT2D eigenvalue weighted by molar-refractivity contribution is 5.19. The van der Waals surface area contributed by atoms with E-state index < -0.39 is 0 Å². The third-order valence-corrected chi connectivity index (χ3v) is 4.83. The van der Waals surface area contributed by atoms with Crippen LogP contribution in [0.5, 0.6) is 0 Å². The summed E-state index contributed by atoms with van der Waals surface area (Å²) < 4.78 is 27.3. The van der Waals surface area contributed by atoms with Crippen LogP contribution >= 0.6 is 0 Å². The van der Waals surface area contributed by atoms with Crippen LogP contribution in [-0.4, -0.2) is 30.1 Å². The molecule has 1 heterocycles. The van der Waals surface area contributed by atoms with E-state index in [4.69, 9.17) is 0 Å². The third kappa shape index (κ3) is 3.43. The van der Waals surface area contributed by atoms with Crippen molar-refractivity contribution in [3.63, 3.8) is 0 Å². The van der Waals surface area contributed by atoms with Gasteiger partial charge in [0.25, 0.3) is 0 Å². The Balaban J connectivity index is 1.76. The summed E-state index contributed by atoms with van der Waals surface area (Å²) >= 11 is 0. The van der Waals surface area contributed by atoms with E-state index in [0.29, 0.717) is 30.1 Å². The monoisotopic (exact) mass is 294 g/mol. The SMILES string of the molecule is CC(C)C1CNC(C2CC2)CN1Cc1cc(F)ccc1F. The van der Waals surface area contributed by atoms with Gasteiger partial charge in [-0.3, -0.25) is 4.90 Å². The Morgan fingerprint density at radius 2 is 2.05 bits per heavy atom. The lowest BCUT2D eigenvalue weighted by Gasteiger charge is -2.42. The largest absolute Gasteiger partial charge is 0.311 e. The zero-order valence-corrected chi connectivity index (χ0v) is 12.8. The number of rotatable bonds is 4. The van der Waals surface area contributed by atoms with E-state index in [-0.39, 0.29) is 11.6 Å². The standard InChI is InChI=1S/C17H24F2N2/c1-11(2)17-8-20-16(12-3-4-12)10-21(17)9-13-7-14(18)5-6-15(13)19/h5-7,11-12,16-17,20H,3-4,8-10H2,1-2H3. The fourth-order valence-electron chi connectivity index (χ4n) is 3.39. The number of halogens is 2. The zero-order chi connectivity index (χ0) is 15.0. The summed E-state index contributed by atoms with van der Waals surface area (Å²) in [4.78, 5) is 2.34. The molecule has 1 aliphatic heterocycles. The summed E-state index contributed by atoms with van der Waals surface area (Å²) in [5.74, 6) is 0.606. The van der Waals surface area contributed by atoms with E-state index in [2.05, 4.69) is 24.1 Å². The Bertz CT molecular complexity index is 500. The highest BCUT2D eigenvalue weighted by atomic mass is 19.1. The molecule has 1 aromatic rings. The quantitative estimate of drug-likeness (QED) is 0.917. The van der Waals surface area contributed by atoms with E-state index in [9.17, 15) is 8.78 Å². The molecule has 3 rings (SSSR count). The number of piperazine rings is 1. The number of hydrogen-bond donors (Lipinski definition) is 1. The Hall–Kier alpha value is -1.00. The molecule has 1 saturated heterocycles. The van der Waals surface area contributed by atoms with Crippen LogP contribution in [0.25, 0.3) is 0 Å². The minimum atomic E-state index is -0.360. The fraction of sp³-hybridized carbons (Fsp3) is 0.647. The average Bonchev–Trinajstić information content (AvgIpc) is 3.27. The molecular weight excluding hydrogens is 270 g/mol. The second-order valence-electron chi connectivity index (χ2n) is 6.83. The highest BCUT2D eigenvalue weighted by Crippen LogP contribution is 2.35. The number of benzene rings is 1. The molecule has 0 aromatic heterocycles. The third-order valence-electron chi connectivity index (χ3n) is 4.83. The molecule has 0 spiro atoms. The maximum atomic E-state index is 13.9. The smallest absolute Gasteiger partial charge is 0.127 e. The zero-order valence-electron chi connectivity index (χ0n) is 12.8. The van der Waals surface area contributed by atoms with E-state index in [1.54, 1.807) is 0 Å². The molecule has 2 nitrogen and oxygen atoms in total. The second-order valence-corrected chi connectivity index (χ2v) is 6.83. The van der Waals surface area contributed by atoms with Crippen molar-refractivity contribution >= 4 is 0 Å². The summed E-state index contributed by atoms with van der Waals surface area (Å²) in [7, 11) is 0. The maximum absolute atomic E-state index is 13.9. The molecule has 1 aliphatic carbocycles. The van der Waals surface area contributed by atoms with Crippen molar-refractivity contribution in [2.45, 2.75) is 45.3 Å². The molecule has 0 radical (unpaired) electrons. The van der Waals surface area contributed by atoms with Gasteiger partial charge in [-0.2, -0.15) is 0 Å². The van der Waals surface area contributed by atoms with Crippen molar-refractivity contribution in [3.8, 4) is 0 Å². The van der Waals surface area contributed by atoms with Crippen molar-refractivity contribution in [3.05, 3.63) is 35.4 Å². The van der Waals surface area contributed by atoms with Crippen molar-refractivity contribution in [1.82, 2.24) is 10.2 Å². The lowest BCUT2D eigenvalue weighted by Crippen LogP contribution is -2.58. The fourth-order valence-corrected chi connectivity index (χ4v) is 3.39. The molecule has 1 N–H and O–H groups in total. The van der Waals surface area contributed by atoms with Crippen molar-refractivity contribution in [2.24, 2.45) is 11.8 Å². The first-order valence-electron chi connectivity index (χ1n) is 7.96. The molecule has 1 aromatic carbocycles. The summed E-state index contributed by atoms with van der Waals surface area (Å²) in [5, 5.41) is 3.64. The molecular formula is C17H24F2N2. The molecule has 2 unspecified atom stereocenters. The molecule has 2 aliphatic rings. The molecule has 21 heavy (non-hydrogen) atoms. The number of nitrogens with zero attached hydrogens (tertiary/aromatic N) is 1. The normalized spacial score (nSPS) is 27.3. The Morgan fingerprint density at radius 1 is 1.29 bits per heavy atom. The van der Waals surface area contributed by atoms with Gasteiger partial charge in [0.2, 0.25) is 0 Å². The Morgan fingerprint density at radius 3 is 2.71 bits per heavy atom. The van der Waals surface area contributed by atoms with Gasteiger partial charge in [-0.05, 0) is 42.9 Å². The molecule has 4 heteroatoms. The van der Waals surface area contributed by atoms with E-state index in [1.165, 1.54) is 31.0 Å². The van der Waals surface area contributed by atoms with Crippen LogP contribution < -0.4 is 5.32 Å². The van der Waals surface area contributed by atoms with Gasteiger partial charge in [0.05, 0.1) is 0 Å². The van der Waals surface area contributed by atoms with Crippen LogP contribution in [0, 0.1) is 23.5 Å². The van der Waals surface area contributed by atoms with Crippen molar-refractivity contribution < 1.29 is 8.78 Å². The minimum absolute atomic E-state index is 0.305. The van der Waals surface area contributed by atoms with Gasteiger partial charge in [0, 0.05) is 37.3 Å². The van der Waals surface area contributed by atoms with Gasteiger partial charge in [0.15, 0.2) is 0 Å². The number of nitrogens with one attached hydrogen (secondary N) is 1. The second kappa shape index (κ2) is 6.01. The Kier molecular flexibility index (Phi) is 4.27. The van der Waals surface area contributed by atoms with Crippen LogP contribution in [-0.2, 0) is 6.54 Å². The van der Waals surface area contributed by atoms with E-state index >= 15 is 0 Å². The highest BCUT2D eigenvalue weighted by Gasteiger charge is 2.38. The van der Waals surface area contributed by atoms with E-state index in [1.807, 2.05) is 0 Å². The number of hydrogen-bond acceptors (Lipinski definition) is 2. The molecule has 116 valence electrons. The summed E-state index contributed by atoms with van der Waals surface area (Å²) in [5.41, 5.74) is 0.470. The predicted molar refractivity (Wildman–Crippen MR) is 79.9 cm³/mol. The summed E-state index contributed by atoms with van der Waals surface area (Å²) in [6, 6.07) is 4.64. The van der Waals surface area contributed by atoms with Crippen LogP contribution in [0.3, 0.4) is 0 Å². The average molecular weight is 294 g/mol. The van der Waals surface area contributed by atoms with Gasteiger partial charge in [-0.25, -0.2) is 8.78 Å². The lowest BCUT2D eigenvalue weighted by atomic mass is 9.96. The van der Waals surface area contributed by atoms with Crippen LogP contribution in [0.15, 0.2) is 18.2 Å². The van der Waals surface area contributed by atoms with Crippen LogP contribution in [0.1, 0.15) is 32.3 Å². The molecule has 2 atom stereocenters. The maximum Gasteiger partial charge on any atom is 0.127 e. The van der Waals surface area contributed by atoms with Crippen LogP contribution in [0.2, 0.25) is 0 Å². The first kappa shape index (κ1) is 14.9.